The minimum absolute atomic E-state index is 0.0253. The standard InChI is InChI=1S/C11H8BrN3O5/c1-5-2-6(12)8(3-7(5)15(19)20)14-10(17)4-9(16)13-11(14)18/h2-3H,4H2,1H3,(H,13,16,18). The molecular weight excluding hydrogens is 334 g/mol. The highest BCUT2D eigenvalue weighted by molar-refractivity contribution is 9.10. The highest BCUT2D eigenvalue weighted by atomic mass is 79.9. The molecule has 0 atom stereocenters. The van der Waals surface area contributed by atoms with Crippen LogP contribution in [-0.4, -0.2) is 22.8 Å². The number of hydrogen-bond donors (Lipinski definition) is 1. The second-order valence-electron chi connectivity index (χ2n) is 4.11. The fourth-order valence-electron chi connectivity index (χ4n) is 1.81. The number of imide groups is 2. The summed E-state index contributed by atoms with van der Waals surface area (Å²) in [7, 11) is 0. The van der Waals surface area contributed by atoms with Crippen LogP contribution in [0.25, 0.3) is 0 Å². The number of rotatable bonds is 2. The van der Waals surface area contributed by atoms with E-state index in [0.717, 1.165) is 6.07 Å². The quantitative estimate of drug-likeness (QED) is 0.499. The van der Waals surface area contributed by atoms with Gasteiger partial charge in [0.05, 0.1) is 10.6 Å². The zero-order valence-electron chi connectivity index (χ0n) is 10.2. The Bertz CT molecular complexity index is 638. The van der Waals surface area contributed by atoms with Crippen molar-refractivity contribution in [1.29, 1.82) is 0 Å². The van der Waals surface area contributed by atoms with E-state index in [0.29, 0.717) is 14.9 Å². The van der Waals surface area contributed by atoms with Crippen LogP contribution < -0.4 is 10.2 Å². The van der Waals surface area contributed by atoms with E-state index in [4.69, 9.17) is 0 Å². The topological polar surface area (TPSA) is 110 Å². The van der Waals surface area contributed by atoms with Crippen LogP contribution in [0.1, 0.15) is 12.0 Å². The number of halogens is 1. The van der Waals surface area contributed by atoms with E-state index in [1.165, 1.54) is 13.0 Å². The molecule has 1 aromatic rings. The van der Waals surface area contributed by atoms with Gasteiger partial charge in [-0.05, 0) is 28.9 Å². The Kier molecular flexibility index (Phi) is 3.53. The molecule has 0 radical (unpaired) electrons. The maximum absolute atomic E-state index is 11.8. The van der Waals surface area contributed by atoms with Gasteiger partial charge in [0.1, 0.15) is 6.42 Å². The first-order chi connectivity index (χ1) is 9.31. The molecule has 0 bridgehead atoms. The number of urea groups is 1. The average Bonchev–Trinajstić information content (AvgIpc) is 2.29. The van der Waals surface area contributed by atoms with Gasteiger partial charge in [-0.15, -0.1) is 0 Å². The number of nitrogens with zero attached hydrogens (tertiary/aromatic N) is 2. The Balaban J connectivity index is 2.54. The minimum atomic E-state index is -0.926. The SMILES string of the molecule is Cc1cc(Br)c(N2C(=O)CC(=O)NC2=O)cc1[N+](=O)[O-]. The summed E-state index contributed by atoms with van der Waals surface area (Å²) in [6.45, 7) is 1.54. The van der Waals surface area contributed by atoms with Crippen molar-refractivity contribution in [3.8, 4) is 0 Å². The number of carbonyl (C=O) groups excluding carboxylic acids is 3. The molecule has 0 saturated carbocycles. The van der Waals surface area contributed by atoms with Crippen LogP contribution in [0.5, 0.6) is 0 Å². The Morgan fingerprint density at radius 1 is 1.35 bits per heavy atom. The number of barbiturate groups is 1. The number of amides is 4. The molecule has 0 unspecified atom stereocenters. The van der Waals surface area contributed by atoms with Crippen molar-refractivity contribution in [3.05, 3.63) is 32.3 Å². The Hall–Kier alpha value is -2.29. The summed E-state index contributed by atoms with van der Waals surface area (Å²) in [5, 5.41) is 12.9. The van der Waals surface area contributed by atoms with Gasteiger partial charge in [0.15, 0.2) is 0 Å². The number of hydrogen-bond acceptors (Lipinski definition) is 5. The second kappa shape index (κ2) is 5.00. The lowest BCUT2D eigenvalue weighted by atomic mass is 10.1. The summed E-state index contributed by atoms with van der Waals surface area (Å²) in [6, 6.07) is 1.63. The van der Waals surface area contributed by atoms with Crippen molar-refractivity contribution in [3.63, 3.8) is 0 Å². The molecule has 104 valence electrons. The molecule has 4 amide bonds. The van der Waals surface area contributed by atoms with Crippen molar-refractivity contribution in [2.45, 2.75) is 13.3 Å². The summed E-state index contributed by atoms with van der Waals surface area (Å²) in [4.78, 5) is 45.6. The van der Waals surface area contributed by atoms with E-state index >= 15 is 0 Å². The van der Waals surface area contributed by atoms with Crippen molar-refractivity contribution in [2.24, 2.45) is 0 Å². The van der Waals surface area contributed by atoms with Crippen LogP contribution in [0.3, 0.4) is 0 Å². The van der Waals surface area contributed by atoms with Gasteiger partial charge in [-0.1, -0.05) is 0 Å². The summed E-state index contributed by atoms with van der Waals surface area (Å²) in [6.07, 6.45) is -0.486. The maximum Gasteiger partial charge on any atom is 0.335 e. The Labute approximate surface area is 121 Å². The van der Waals surface area contributed by atoms with E-state index in [9.17, 15) is 24.5 Å². The van der Waals surface area contributed by atoms with Crippen molar-refractivity contribution >= 4 is 45.2 Å². The van der Waals surface area contributed by atoms with Crippen molar-refractivity contribution in [1.82, 2.24) is 5.32 Å². The molecule has 1 aromatic carbocycles. The monoisotopic (exact) mass is 341 g/mol. The average molecular weight is 342 g/mol. The third-order valence-corrected chi connectivity index (χ3v) is 3.35. The van der Waals surface area contributed by atoms with E-state index in [-0.39, 0.29) is 11.4 Å². The van der Waals surface area contributed by atoms with Gasteiger partial charge in [-0.3, -0.25) is 25.0 Å². The molecule has 20 heavy (non-hydrogen) atoms. The predicted octanol–water partition coefficient (Wildman–Crippen LogP) is 1.64. The Morgan fingerprint density at radius 2 is 2.00 bits per heavy atom. The first-order valence-electron chi connectivity index (χ1n) is 5.42. The molecule has 0 aromatic heterocycles. The third kappa shape index (κ3) is 2.39. The van der Waals surface area contributed by atoms with Gasteiger partial charge >= 0.3 is 6.03 Å². The second-order valence-corrected chi connectivity index (χ2v) is 4.96. The lowest BCUT2D eigenvalue weighted by molar-refractivity contribution is -0.385. The van der Waals surface area contributed by atoms with Gasteiger partial charge in [-0.2, -0.15) is 0 Å². The van der Waals surface area contributed by atoms with Crippen LogP contribution in [0, 0.1) is 17.0 Å². The van der Waals surface area contributed by atoms with Crippen molar-refractivity contribution in [2.75, 3.05) is 4.90 Å². The molecule has 1 fully saturated rings. The minimum Gasteiger partial charge on any atom is -0.277 e. The van der Waals surface area contributed by atoms with Crippen LogP contribution in [0.2, 0.25) is 0 Å². The first-order valence-corrected chi connectivity index (χ1v) is 6.22. The number of aryl methyl sites for hydroxylation is 1. The molecular formula is C11H8BrN3O5. The predicted molar refractivity (Wildman–Crippen MR) is 71.2 cm³/mol. The third-order valence-electron chi connectivity index (χ3n) is 2.71. The molecule has 1 aliphatic heterocycles. The highest BCUT2D eigenvalue weighted by Gasteiger charge is 2.34. The largest absolute Gasteiger partial charge is 0.335 e. The van der Waals surface area contributed by atoms with Gasteiger partial charge in [0.25, 0.3) is 5.69 Å². The van der Waals surface area contributed by atoms with Crippen molar-refractivity contribution < 1.29 is 19.3 Å². The fourth-order valence-corrected chi connectivity index (χ4v) is 2.45. The molecule has 1 aliphatic rings. The molecule has 2 rings (SSSR count). The zero-order valence-corrected chi connectivity index (χ0v) is 11.8. The number of benzene rings is 1. The maximum atomic E-state index is 11.8. The summed E-state index contributed by atoms with van der Waals surface area (Å²) in [5.74, 6) is -1.44. The van der Waals surface area contributed by atoms with Gasteiger partial charge in [0.2, 0.25) is 11.8 Å². The van der Waals surface area contributed by atoms with E-state index in [1.807, 2.05) is 5.32 Å². The molecule has 1 saturated heterocycles. The molecule has 1 N–H and O–H groups in total. The Morgan fingerprint density at radius 3 is 2.55 bits per heavy atom. The van der Waals surface area contributed by atoms with Gasteiger partial charge < -0.3 is 0 Å². The number of anilines is 1. The molecule has 8 nitrogen and oxygen atoms in total. The molecule has 0 aliphatic carbocycles. The zero-order chi connectivity index (χ0) is 15.0. The van der Waals surface area contributed by atoms with Gasteiger partial charge in [-0.25, -0.2) is 9.69 Å². The summed E-state index contributed by atoms with van der Waals surface area (Å²) >= 11 is 3.15. The van der Waals surface area contributed by atoms with Crippen LogP contribution in [-0.2, 0) is 9.59 Å². The van der Waals surface area contributed by atoms with Crippen LogP contribution in [0.15, 0.2) is 16.6 Å². The molecule has 9 heteroatoms. The summed E-state index contributed by atoms with van der Waals surface area (Å²) in [5.41, 5.74) is 0.185. The lowest BCUT2D eigenvalue weighted by Gasteiger charge is -2.25. The van der Waals surface area contributed by atoms with E-state index < -0.39 is 29.2 Å². The fraction of sp³-hybridized carbons (Fsp3) is 0.182. The normalized spacial score (nSPS) is 15.3. The number of nitro groups is 1. The summed E-state index contributed by atoms with van der Waals surface area (Å²) < 4.78 is 0.346. The lowest BCUT2D eigenvalue weighted by Crippen LogP contribution is -2.53. The van der Waals surface area contributed by atoms with E-state index in [1.54, 1.807) is 0 Å². The highest BCUT2D eigenvalue weighted by Crippen LogP contribution is 2.34. The van der Waals surface area contributed by atoms with Gasteiger partial charge in [0, 0.05) is 16.1 Å². The van der Waals surface area contributed by atoms with Crippen LogP contribution >= 0.6 is 15.9 Å². The smallest absolute Gasteiger partial charge is 0.277 e. The number of nitro benzene ring substituents is 1. The number of carbonyl (C=O) groups is 3. The molecule has 0 spiro atoms. The van der Waals surface area contributed by atoms with Crippen LogP contribution in [0.4, 0.5) is 16.2 Å². The first kappa shape index (κ1) is 14.1. The molecule has 1 heterocycles. The number of nitrogens with one attached hydrogen (secondary N) is 1. The van der Waals surface area contributed by atoms with E-state index in [2.05, 4.69) is 15.9 Å².